The summed E-state index contributed by atoms with van der Waals surface area (Å²) < 4.78 is 27.5. The van der Waals surface area contributed by atoms with Crippen molar-refractivity contribution in [2.24, 2.45) is 5.92 Å². The SMILES string of the molecule is Cc1ccc(S(=O)(=O)N2CCC(CNc3nccc(-c4ccc5ccccc5c4)n3)CC2)cc1. The van der Waals surface area contributed by atoms with Crippen molar-refractivity contribution >= 4 is 26.7 Å². The minimum absolute atomic E-state index is 0.369. The van der Waals surface area contributed by atoms with E-state index in [9.17, 15) is 8.42 Å². The monoisotopic (exact) mass is 472 g/mol. The molecule has 1 aromatic heterocycles. The van der Waals surface area contributed by atoms with Gasteiger partial charge in [-0.15, -0.1) is 0 Å². The summed E-state index contributed by atoms with van der Waals surface area (Å²) in [6.07, 6.45) is 3.39. The van der Waals surface area contributed by atoms with Gasteiger partial charge in [-0.25, -0.2) is 18.4 Å². The second kappa shape index (κ2) is 9.52. The molecule has 7 heteroatoms. The molecule has 0 saturated carbocycles. The zero-order valence-electron chi connectivity index (χ0n) is 19.2. The minimum atomic E-state index is -3.43. The Kier molecular flexibility index (Phi) is 6.30. The zero-order chi connectivity index (χ0) is 23.5. The van der Waals surface area contributed by atoms with E-state index in [1.165, 1.54) is 10.8 Å². The van der Waals surface area contributed by atoms with Crippen LogP contribution in [0.2, 0.25) is 0 Å². The summed E-state index contributed by atoms with van der Waals surface area (Å²) in [7, 11) is -3.43. The molecule has 0 amide bonds. The maximum absolute atomic E-state index is 12.9. The Morgan fingerprint density at radius 1 is 0.941 bits per heavy atom. The Morgan fingerprint density at radius 3 is 2.44 bits per heavy atom. The van der Waals surface area contributed by atoms with Crippen molar-refractivity contribution in [1.29, 1.82) is 0 Å². The standard InChI is InChI=1S/C27H28N4O2S/c1-20-6-10-25(11-7-20)34(32,33)31-16-13-21(14-17-31)19-29-27-28-15-12-26(30-27)24-9-8-22-4-2-3-5-23(22)18-24/h2-12,15,18,21H,13-14,16-17,19H2,1H3,(H,28,29,30). The number of anilines is 1. The smallest absolute Gasteiger partial charge is 0.243 e. The van der Waals surface area contributed by atoms with Gasteiger partial charge in [0.1, 0.15) is 0 Å². The lowest BCUT2D eigenvalue weighted by Gasteiger charge is -2.31. The van der Waals surface area contributed by atoms with Crippen LogP contribution in [0, 0.1) is 12.8 Å². The lowest BCUT2D eigenvalue weighted by Crippen LogP contribution is -2.39. The van der Waals surface area contributed by atoms with Gasteiger partial charge in [0.25, 0.3) is 0 Å². The van der Waals surface area contributed by atoms with Gasteiger partial charge in [-0.1, -0.05) is 54.1 Å². The molecule has 3 aromatic carbocycles. The molecule has 1 aliphatic heterocycles. The van der Waals surface area contributed by atoms with E-state index in [4.69, 9.17) is 4.98 Å². The molecule has 4 aromatic rings. The highest BCUT2D eigenvalue weighted by Crippen LogP contribution is 2.26. The summed E-state index contributed by atoms with van der Waals surface area (Å²) in [6, 6.07) is 23.6. The average molecular weight is 473 g/mol. The lowest BCUT2D eigenvalue weighted by molar-refractivity contribution is 0.282. The second-order valence-corrected chi connectivity index (χ2v) is 10.8. The molecule has 6 nitrogen and oxygen atoms in total. The van der Waals surface area contributed by atoms with Gasteiger partial charge in [0.05, 0.1) is 10.6 Å². The number of benzene rings is 3. The first-order valence-electron chi connectivity index (χ1n) is 11.6. The van der Waals surface area contributed by atoms with E-state index in [0.29, 0.717) is 29.9 Å². The van der Waals surface area contributed by atoms with Crippen LogP contribution in [-0.4, -0.2) is 42.3 Å². The third kappa shape index (κ3) is 4.81. The summed E-state index contributed by atoms with van der Waals surface area (Å²) in [5, 5.41) is 5.75. The number of aryl methyl sites for hydroxylation is 1. The van der Waals surface area contributed by atoms with Gasteiger partial charge < -0.3 is 5.32 Å². The molecule has 1 saturated heterocycles. The number of nitrogens with one attached hydrogen (secondary N) is 1. The van der Waals surface area contributed by atoms with E-state index in [0.717, 1.165) is 36.2 Å². The summed E-state index contributed by atoms with van der Waals surface area (Å²) in [6.45, 7) is 3.73. The van der Waals surface area contributed by atoms with Crippen LogP contribution in [-0.2, 0) is 10.0 Å². The predicted octanol–water partition coefficient (Wildman–Crippen LogP) is 5.12. The highest BCUT2D eigenvalue weighted by molar-refractivity contribution is 7.89. The van der Waals surface area contributed by atoms with Crippen LogP contribution in [0.4, 0.5) is 5.95 Å². The first-order chi connectivity index (χ1) is 16.5. The van der Waals surface area contributed by atoms with Crippen molar-refractivity contribution in [2.75, 3.05) is 25.0 Å². The molecule has 0 bridgehead atoms. The quantitative estimate of drug-likeness (QED) is 0.422. The first-order valence-corrected chi connectivity index (χ1v) is 13.1. The highest BCUT2D eigenvalue weighted by Gasteiger charge is 2.29. The molecular weight excluding hydrogens is 444 g/mol. The molecule has 0 radical (unpaired) electrons. The largest absolute Gasteiger partial charge is 0.354 e. The van der Waals surface area contributed by atoms with E-state index in [1.54, 1.807) is 22.6 Å². The van der Waals surface area contributed by atoms with Gasteiger partial charge in [-0.3, -0.25) is 0 Å². The van der Waals surface area contributed by atoms with Crippen LogP contribution < -0.4 is 5.32 Å². The Bertz CT molecular complexity index is 1400. The summed E-state index contributed by atoms with van der Waals surface area (Å²) in [4.78, 5) is 9.46. The fourth-order valence-corrected chi connectivity index (χ4v) is 5.87. The summed E-state index contributed by atoms with van der Waals surface area (Å²) in [5.74, 6) is 0.970. The highest BCUT2D eigenvalue weighted by atomic mass is 32.2. The maximum atomic E-state index is 12.9. The Labute approximate surface area is 200 Å². The maximum Gasteiger partial charge on any atom is 0.243 e. The second-order valence-electron chi connectivity index (χ2n) is 8.87. The molecule has 1 aliphatic rings. The number of piperidine rings is 1. The van der Waals surface area contributed by atoms with E-state index in [-0.39, 0.29) is 0 Å². The Morgan fingerprint density at radius 2 is 1.68 bits per heavy atom. The molecule has 5 rings (SSSR count). The van der Waals surface area contributed by atoms with E-state index < -0.39 is 10.0 Å². The van der Waals surface area contributed by atoms with Crippen molar-refractivity contribution in [3.8, 4) is 11.3 Å². The molecule has 0 spiro atoms. The van der Waals surface area contributed by atoms with Gasteiger partial charge in [0.2, 0.25) is 16.0 Å². The number of hydrogen-bond acceptors (Lipinski definition) is 5. The molecule has 1 fully saturated rings. The topological polar surface area (TPSA) is 75.2 Å². The Hall–Kier alpha value is -3.29. The number of nitrogens with zero attached hydrogens (tertiary/aromatic N) is 3. The molecule has 174 valence electrons. The molecule has 34 heavy (non-hydrogen) atoms. The van der Waals surface area contributed by atoms with Gasteiger partial charge >= 0.3 is 0 Å². The van der Waals surface area contributed by atoms with Crippen molar-refractivity contribution in [2.45, 2.75) is 24.7 Å². The molecule has 0 atom stereocenters. The lowest BCUT2D eigenvalue weighted by atomic mass is 9.98. The summed E-state index contributed by atoms with van der Waals surface area (Å²) in [5.41, 5.74) is 2.98. The van der Waals surface area contributed by atoms with Gasteiger partial charge in [0.15, 0.2) is 0 Å². The van der Waals surface area contributed by atoms with Crippen LogP contribution >= 0.6 is 0 Å². The van der Waals surface area contributed by atoms with E-state index in [1.807, 2.05) is 37.3 Å². The molecular formula is C27H28N4O2S. The van der Waals surface area contributed by atoms with Gasteiger partial charge in [-0.05, 0) is 60.7 Å². The average Bonchev–Trinajstić information content (AvgIpc) is 2.88. The molecule has 0 unspecified atom stereocenters. The minimum Gasteiger partial charge on any atom is -0.354 e. The zero-order valence-corrected chi connectivity index (χ0v) is 20.0. The molecule has 1 N–H and O–H groups in total. The van der Waals surface area contributed by atoms with E-state index in [2.05, 4.69) is 40.6 Å². The fourth-order valence-electron chi connectivity index (χ4n) is 4.40. The fraction of sp³-hybridized carbons (Fsp3) is 0.259. The third-order valence-corrected chi connectivity index (χ3v) is 8.39. The molecule has 2 heterocycles. The van der Waals surface area contributed by atoms with Crippen molar-refractivity contribution in [1.82, 2.24) is 14.3 Å². The number of sulfonamides is 1. The van der Waals surface area contributed by atoms with Crippen LogP contribution in [0.5, 0.6) is 0 Å². The normalized spacial score (nSPS) is 15.4. The van der Waals surface area contributed by atoms with Gasteiger partial charge in [-0.2, -0.15) is 4.31 Å². The number of rotatable bonds is 6. The number of fused-ring (bicyclic) bond motifs is 1. The van der Waals surface area contributed by atoms with Crippen LogP contribution in [0.3, 0.4) is 0 Å². The third-order valence-electron chi connectivity index (χ3n) is 6.48. The van der Waals surface area contributed by atoms with Crippen LogP contribution in [0.1, 0.15) is 18.4 Å². The Balaban J connectivity index is 1.20. The van der Waals surface area contributed by atoms with Crippen LogP contribution in [0.25, 0.3) is 22.0 Å². The van der Waals surface area contributed by atoms with Crippen molar-refractivity contribution in [3.05, 3.63) is 84.6 Å². The van der Waals surface area contributed by atoms with E-state index >= 15 is 0 Å². The summed E-state index contributed by atoms with van der Waals surface area (Å²) >= 11 is 0. The van der Waals surface area contributed by atoms with Gasteiger partial charge in [0, 0.05) is 31.4 Å². The van der Waals surface area contributed by atoms with Crippen LogP contribution in [0.15, 0.2) is 83.9 Å². The first kappa shape index (κ1) is 22.5. The molecule has 0 aliphatic carbocycles. The number of hydrogen-bond donors (Lipinski definition) is 1. The number of aromatic nitrogens is 2. The van der Waals surface area contributed by atoms with Crippen molar-refractivity contribution in [3.63, 3.8) is 0 Å². The predicted molar refractivity (Wildman–Crippen MR) is 136 cm³/mol. The van der Waals surface area contributed by atoms with Crippen molar-refractivity contribution < 1.29 is 8.42 Å².